The molecule has 3 N–H and O–H groups in total. The second kappa shape index (κ2) is 8.06. The van der Waals surface area contributed by atoms with Crippen molar-refractivity contribution in [2.24, 2.45) is 10.7 Å². The summed E-state index contributed by atoms with van der Waals surface area (Å²) in [7, 11) is -4.79. The van der Waals surface area contributed by atoms with Crippen LogP contribution in [0, 0.1) is 0 Å². The maximum absolute atomic E-state index is 13.1. The third kappa shape index (κ3) is 4.59. The number of aliphatic imine (C=N–C) groups is 1. The van der Waals surface area contributed by atoms with Gasteiger partial charge in [-0.3, -0.25) is 4.72 Å². The Morgan fingerprint density at radius 3 is 2.09 bits per heavy atom. The predicted octanol–water partition coefficient (Wildman–Crippen LogP) is 5.26. The zero-order valence-electron chi connectivity index (χ0n) is 16.7. The fourth-order valence-electron chi connectivity index (χ4n) is 3.20. The van der Waals surface area contributed by atoms with E-state index in [9.17, 15) is 34.8 Å². The van der Waals surface area contributed by atoms with E-state index in [0.29, 0.717) is 17.1 Å². The molecule has 14 heteroatoms. The first-order chi connectivity index (χ1) is 15.8. The SMILES string of the molecule is NC1c2ccoc2N=CN1c1ccc(NS(=O)(=O)c2cc(C(F)(F)F)cc(C(F)(F)F)c2)cc1. The molecule has 2 aromatic carbocycles. The number of furan rings is 1. The lowest BCUT2D eigenvalue weighted by Gasteiger charge is -2.29. The third-order valence-electron chi connectivity index (χ3n) is 4.88. The van der Waals surface area contributed by atoms with Gasteiger partial charge in [0.1, 0.15) is 12.5 Å². The van der Waals surface area contributed by atoms with Crippen molar-refractivity contribution in [2.75, 3.05) is 9.62 Å². The lowest BCUT2D eigenvalue weighted by molar-refractivity contribution is -0.143. The zero-order chi connectivity index (χ0) is 24.9. The number of nitrogens with one attached hydrogen (secondary N) is 1. The molecule has 4 rings (SSSR count). The molecule has 0 spiro atoms. The number of benzene rings is 2. The van der Waals surface area contributed by atoms with Crippen LogP contribution in [0.2, 0.25) is 0 Å². The van der Waals surface area contributed by atoms with Gasteiger partial charge in [0.25, 0.3) is 10.0 Å². The Morgan fingerprint density at radius 2 is 1.53 bits per heavy atom. The van der Waals surface area contributed by atoms with Crippen molar-refractivity contribution < 1.29 is 39.2 Å². The van der Waals surface area contributed by atoms with Crippen LogP contribution in [-0.2, 0) is 22.4 Å². The first-order valence-electron chi connectivity index (χ1n) is 9.33. The molecule has 0 saturated heterocycles. The minimum absolute atomic E-state index is 0.0961. The molecular formula is C20H14F6N4O3S. The van der Waals surface area contributed by atoms with Gasteiger partial charge in [-0.1, -0.05) is 0 Å². The van der Waals surface area contributed by atoms with Crippen molar-refractivity contribution in [3.63, 3.8) is 0 Å². The van der Waals surface area contributed by atoms with Crippen LogP contribution in [0.1, 0.15) is 22.9 Å². The zero-order valence-corrected chi connectivity index (χ0v) is 17.5. The smallest absolute Gasteiger partial charge is 0.416 e. The van der Waals surface area contributed by atoms with Crippen molar-refractivity contribution in [2.45, 2.75) is 23.4 Å². The normalized spacial score (nSPS) is 16.4. The van der Waals surface area contributed by atoms with Gasteiger partial charge in [-0.05, 0) is 48.5 Å². The van der Waals surface area contributed by atoms with E-state index in [1.54, 1.807) is 11.0 Å². The van der Waals surface area contributed by atoms with Crippen LogP contribution in [0.5, 0.6) is 0 Å². The fraction of sp³-hybridized carbons (Fsp3) is 0.150. The summed E-state index contributed by atoms with van der Waals surface area (Å²) < 4.78 is 111. The van der Waals surface area contributed by atoms with Gasteiger partial charge in [0.2, 0.25) is 5.88 Å². The number of sulfonamides is 1. The quantitative estimate of drug-likeness (QED) is 0.473. The molecule has 2 heterocycles. The summed E-state index contributed by atoms with van der Waals surface area (Å²) in [6.45, 7) is 0. The van der Waals surface area contributed by atoms with Gasteiger partial charge >= 0.3 is 12.4 Å². The summed E-state index contributed by atoms with van der Waals surface area (Å²) in [4.78, 5) is 4.47. The van der Waals surface area contributed by atoms with Gasteiger partial charge in [-0.25, -0.2) is 13.4 Å². The van der Waals surface area contributed by atoms with E-state index < -0.39 is 44.6 Å². The average Bonchev–Trinajstić information content (AvgIpc) is 3.23. The minimum atomic E-state index is -5.18. The van der Waals surface area contributed by atoms with Crippen molar-refractivity contribution in [1.82, 2.24) is 0 Å². The topological polar surface area (TPSA) is 101 Å². The van der Waals surface area contributed by atoms with Crippen LogP contribution in [-0.4, -0.2) is 14.8 Å². The summed E-state index contributed by atoms with van der Waals surface area (Å²) in [6.07, 6.45) is -8.20. The molecule has 1 atom stereocenters. The number of nitrogens with two attached hydrogens (primary N) is 1. The van der Waals surface area contributed by atoms with E-state index in [1.807, 2.05) is 4.72 Å². The molecule has 0 saturated carbocycles. The second-order valence-electron chi connectivity index (χ2n) is 7.17. The third-order valence-corrected chi connectivity index (χ3v) is 6.24. The number of halogens is 6. The van der Waals surface area contributed by atoms with Crippen molar-refractivity contribution in [1.29, 1.82) is 0 Å². The van der Waals surface area contributed by atoms with Crippen LogP contribution in [0.25, 0.3) is 0 Å². The summed E-state index contributed by atoms with van der Waals surface area (Å²) in [6, 6.07) is 7.20. The molecule has 0 fully saturated rings. The van der Waals surface area contributed by atoms with Gasteiger partial charge in [0.15, 0.2) is 0 Å². The van der Waals surface area contributed by atoms with E-state index in [1.165, 1.54) is 36.9 Å². The number of alkyl halides is 6. The fourth-order valence-corrected chi connectivity index (χ4v) is 4.33. The number of nitrogens with zero attached hydrogens (tertiary/aromatic N) is 2. The van der Waals surface area contributed by atoms with E-state index in [4.69, 9.17) is 10.2 Å². The molecule has 1 aromatic heterocycles. The number of anilines is 2. The molecule has 7 nitrogen and oxygen atoms in total. The highest BCUT2D eigenvalue weighted by Crippen LogP contribution is 2.38. The molecule has 34 heavy (non-hydrogen) atoms. The lowest BCUT2D eigenvalue weighted by atomic mass is 10.1. The van der Waals surface area contributed by atoms with Crippen molar-refractivity contribution in [3.8, 4) is 0 Å². The molecule has 180 valence electrons. The Balaban J connectivity index is 1.61. The molecule has 0 bridgehead atoms. The van der Waals surface area contributed by atoms with Crippen LogP contribution in [0.15, 0.2) is 69.1 Å². The van der Waals surface area contributed by atoms with Gasteiger partial charge in [0, 0.05) is 11.4 Å². The maximum atomic E-state index is 13.1. The number of hydrogen-bond donors (Lipinski definition) is 2. The van der Waals surface area contributed by atoms with E-state index in [-0.39, 0.29) is 23.9 Å². The summed E-state index contributed by atoms with van der Waals surface area (Å²) in [5, 5.41) is 0. The predicted molar refractivity (Wildman–Crippen MR) is 110 cm³/mol. The van der Waals surface area contributed by atoms with E-state index in [0.717, 1.165) is 0 Å². The number of rotatable bonds is 4. The van der Waals surface area contributed by atoms with Gasteiger partial charge < -0.3 is 15.1 Å². The molecule has 0 aliphatic carbocycles. The first-order valence-corrected chi connectivity index (χ1v) is 10.8. The standard InChI is InChI=1S/C20H14F6N4O3S/c21-19(22,23)11-7-12(20(24,25)26)9-15(8-11)34(31,32)29-13-1-3-14(4-2-13)30-10-28-18-16(17(30)27)5-6-33-18/h1-10,17,29H,27H2. The minimum Gasteiger partial charge on any atom is -0.446 e. The Labute approximate surface area is 188 Å². The summed E-state index contributed by atoms with van der Waals surface area (Å²) in [5.41, 5.74) is 3.68. The number of fused-ring (bicyclic) bond motifs is 1. The van der Waals surface area contributed by atoms with Gasteiger partial charge in [-0.2, -0.15) is 26.3 Å². The summed E-state index contributed by atoms with van der Waals surface area (Å²) >= 11 is 0. The van der Waals surface area contributed by atoms with Crippen molar-refractivity contribution in [3.05, 3.63) is 71.5 Å². The van der Waals surface area contributed by atoms with Crippen LogP contribution in [0.3, 0.4) is 0 Å². The molecule has 3 aromatic rings. The molecule has 1 unspecified atom stereocenters. The Kier molecular flexibility index (Phi) is 5.60. The molecular weight excluding hydrogens is 490 g/mol. The highest BCUT2D eigenvalue weighted by Gasteiger charge is 2.38. The first kappa shape index (κ1) is 23.6. The molecule has 0 radical (unpaired) electrons. The molecule has 0 amide bonds. The Morgan fingerprint density at radius 1 is 0.941 bits per heavy atom. The largest absolute Gasteiger partial charge is 0.446 e. The number of hydrogen-bond acceptors (Lipinski definition) is 6. The second-order valence-corrected chi connectivity index (χ2v) is 8.85. The lowest BCUT2D eigenvalue weighted by Crippen LogP contribution is -2.35. The van der Waals surface area contributed by atoms with Crippen LogP contribution < -0.4 is 15.4 Å². The molecule has 1 aliphatic heterocycles. The maximum Gasteiger partial charge on any atom is 0.416 e. The van der Waals surface area contributed by atoms with Crippen LogP contribution >= 0.6 is 0 Å². The summed E-state index contributed by atoms with van der Waals surface area (Å²) in [5.74, 6) is 0.340. The van der Waals surface area contributed by atoms with E-state index >= 15 is 0 Å². The highest BCUT2D eigenvalue weighted by molar-refractivity contribution is 7.92. The van der Waals surface area contributed by atoms with Crippen molar-refractivity contribution >= 4 is 33.6 Å². The molecule has 1 aliphatic rings. The Bertz CT molecular complexity index is 1320. The highest BCUT2D eigenvalue weighted by atomic mass is 32.2. The monoisotopic (exact) mass is 504 g/mol. The Hall–Kier alpha value is -3.52. The van der Waals surface area contributed by atoms with Crippen LogP contribution in [0.4, 0.5) is 43.6 Å². The van der Waals surface area contributed by atoms with Gasteiger partial charge in [-0.15, -0.1) is 0 Å². The van der Waals surface area contributed by atoms with E-state index in [2.05, 4.69) is 4.99 Å². The average molecular weight is 504 g/mol. The van der Waals surface area contributed by atoms with Gasteiger partial charge in [0.05, 0.1) is 27.8 Å².